The maximum Gasteiger partial charge on any atom is 0.123 e. The van der Waals surface area contributed by atoms with Crippen LogP contribution in [0.4, 0.5) is 15.8 Å². The molecule has 0 amide bonds. The van der Waals surface area contributed by atoms with E-state index in [1.165, 1.54) is 28.4 Å². The summed E-state index contributed by atoms with van der Waals surface area (Å²) in [5.74, 6) is -0.268. The van der Waals surface area contributed by atoms with Crippen LogP contribution in [0.15, 0.2) is 83.8 Å². The number of para-hydroxylation sites is 2. The largest absolute Gasteiger partial charge is 0.385 e. The summed E-state index contributed by atoms with van der Waals surface area (Å²) in [5.41, 5.74) is 2.36. The van der Waals surface area contributed by atoms with Crippen LogP contribution in [0.25, 0.3) is 0 Å². The molecule has 1 N–H and O–H groups in total. The molecule has 0 aromatic heterocycles. The monoisotopic (exact) mass is 434 g/mol. The highest BCUT2D eigenvalue weighted by Gasteiger charge is 2.44. The van der Waals surface area contributed by atoms with Crippen LogP contribution in [0.3, 0.4) is 0 Å². The van der Waals surface area contributed by atoms with Crippen LogP contribution < -0.4 is 4.90 Å². The van der Waals surface area contributed by atoms with Crippen molar-refractivity contribution in [3.8, 4) is 0 Å². The van der Waals surface area contributed by atoms with Crippen molar-refractivity contribution in [2.24, 2.45) is 0 Å². The summed E-state index contributed by atoms with van der Waals surface area (Å²) in [6.45, 7) is 4.77. The van der Waals surface area contributed by atoms with E-state index in [4.69, 9.17) is 0 Å². The minimum absolute atomic E-state index is 0.117. The maximum atomic E-state index is 13.3. The van der Waals surface area contributed by atoms with Gasteiger partial charge in [0.15, 0.2) is 0 Å². The Bertz CT molecular complexity index is 1050. The lowest BCUT2D eigenvalue weighted by atomic mass is 9.84. The number of thioether (sulfide) groups is 1. The van der Waals surface area contributed by atoms with Crippen molar-refractivity contribution in [2.45, 2.75) is 35.1 Å². The van der Waals surface area contributed by atoms with Crippen LogP contribution in [-0.2, 0) is 5.60 Å². The van der Waals surface area contributed by atoms with E-state index in [0.717, 1.165) is 25.2 Å². The van der Waals surface area contributed by atoms with Crippen LogP contribution in [0.5, 0.6) is 0 Å². The van der Waals surface area contributed by atoms with E-state index in [-0.39, 0.29) is 10.7 Å². The topological polar surface area (TPSA) is 26.7 Å². The molecule has 3 aromatic carbocycles. The van der Waals surface area contributed by atoms with Gasteiger partial charge in [-0.05, 0) is 61.7 Å². The Hall–Kier alpha value is -2.34. The molecule has 0 spiro atoms. The first kappa shape index (κ1) is 20.6. The standard InChI is InChI=1S/C26H27FN2OS/c1-25(28-17-15-26(30,16-18-28)20-11-13-21(27)14-12-20)19-29(22-7-3-2-4-8-22)23-9-5-6-10-24(23)31-25/h2-14,30H,15-19H2,1H3. The number of benzene rings is 3. The molecule has 3 aromatic rings. The van der Waals surface area contributed by atoms with Gasteiger partial charge in [-0.15, -0.1) is 0 Å². The molecular formula is C26H27FN2OS. The molecule has 0 saturated carbocycles. The van der Waals surface area contributed by atoms with Crippen molar-refractivity contribution in [3.63, 3.8) is 0 Å². The number of nitrogens with zero attached hydrogens (tertiary/aromatic N) is 2. The number of rotatable bonds is 3. The number of fused-ring (bicyclic) bond motifs is 1. The molecule has 5 heteroatoms. The molecule has 2 aliphatic rings. The van der Waals surface area contributed by atoms with Crippen molar-refractivity contribution in [1.82, 2.24) is 4.90 Å². The van der Waals surface area contributed by atoms with Gasteiger partial charge in [0.1, 0.15) is 5.82 Å². The minimum atomic E-state index is -0.892. The molecule has 31 heavy (non-hydrogen) atoms. The summed E-state index contributed by atoms with van der Waals surface area (Å²) in [6, 6.07) is 25.4. The Balaban J connectivity index is 1.40. The molecule has 2 aliphatic heterocycles. The Morgan fingerprint density at radius 1 is 0.871 bits per heavy atom. The molecule has 1 saturated heterocycles. The lowest BCUT2D eigenvalue weighted by Gasteiger charge is -2.51. The highest BCUT2D eigenvalue weighted by molar-refractivity contribution is 8.00. The van der Waals surface area contributed by atoms with Crippen molar-refractivity contribution >= 4 is 23.1 Å². The van der Waals surface area contributed by atoms with Crippen LogP contribution >= 0.6 is 11.8 Å². The van der Waals surface area contributed by atoms with Gasteiger partial charge in [-0.1, -0.05) is 54.2 Å². The molecular weight excluding hydrogens is 407 g/mol. The summed E-state index contributed by atoms with van der Waals surface area (Å²) in [5, 5.41) is 11.3. The van der Waals surface area contributed by atoms with E-state index < -0.39 is 5.60 Å². The Kier molecular flexibility index (Phi) is 5.29. The first-order chi connectivity index (χ1) is 15.0. The van der Waals surface area contributed by atoms with E-state index in [1.807, 2.05) is 17.8 Å². The van der Waals surface area contributed by atoms with Crippen molar-refractivity contribution in [2.75, 3.05) is 24.5 Å². The quantitative estimate of drug-likeness (QED) is 0.566. The third kappa shape index (κ3) is 3.86. The first-order valence-electron chi connectivity index (χ1n) is 10.8. The van der Waals surface area contributed by atoms with Gasteiger partial charge in [-0.3, -0.25) is 4.90 Å². The number of halogens is 1. The summed E-state index contributed by atoms with van der Waals surface area (Å²) in [7, 11) is 0. The van der Waals surface area contributed by atoms with E-state index >= 15 is 0 Å². The molecule has 0 bridgehead atoms. The normalized spacial score (nSPS) is 23.4. The molecule has 1 fully saturated rings. The molecule has 1 unspecified atom stereocenters. The number of hydrogen-bond donors (Lipinski definition) is 1. The van der Waals surface area contributed by atoms with E-state index in [1.54, 1.807) is 12.1 Å². The second kappa shape index (κ2) is 7.97. The molecule has 0 aliphatic carbocycles. The maximum absolute atomic E-state index is 13.3. The summed E-state index contributed by atoms with van der Waals surface area (Å²) >= 11 is 1.92. The fourth-order valence-electron chi connectivity index (χ4n) is 4.82. The second-order valence-electron chi connectivity index (χ2n) is 8.69. The Morgan fingerprint density at radius 2 is 1.52 bits per heavy atom. The number of hydrogen-bond acceptors (Lipinski definition) is 4. The molecule has 3 nitrogen and oxygen atoms in total. The van der Waals surface area contributed by atoms with Crippen LogP contribution in [0.1, 0.15) is 25.3 Å². The minimum Gasteiger partial charge on any atom is -0.385 e. The lowest BCUT2D eigenvalue weighted by Crippen LogP contribution is -2.56. The highest BCUT2D eigenvalue weighted by atomic mass is 32.2. The van der Waals surface area contributed by atoms with Gasteiger partial charge in [0, 0.05) is 23.7 Å². The first-order valence-corrected chi connectivity index (χ1v) is 11.6. The van der Waals surface area contributed by atoms with Gasteiger partial charge >= 0.3 is 0 Å². The van der Waals surface area contributed by atoms with Crippen LogP contribution in [0.2, 0.25) is 0 Å². The number of anilines is 2. The van der Waals surface area contributed by atoms with E-state index in [0.29, 0.717) is 12.8 Å². The third-order valence-electron chi connectivity index (χ3n) is 6.65. The predicted octanol–water partition coefficient (Wildman–Crippen LogP) is 5.77. The Morgan fingerprint density at radius 3 is 2.23 bits per heavy atom. The van der Waals surface area contributed by atoms with Gasteiger partial charge in [0.2, 0.25) is 0 Å². The molecule has 2 heterocycles. The fraction of sp³-hybridized carbons (Fsp3) is 0.308. The number of piperidine rings is 1. The fourth-order valence-corrected chi connectivity index (χ4v) is 6.22. The molecule has 0 radical (unpaired) electrons. The van der Waals surface area contributed by atoms with Crippen molar-refractivity contribution < 1.29 is 9.50 Å². The van der Waals surface area contributed by atoms with Crippen molar-refractivity contribution in [1.29, 1.82) is 0 Å². The third-order valence-corrected chi connectivity index (χ3v) is 8.04. The van der Waals surface area contributed by atoms with Gasteiger partial charge < -0.3 is 10.0 Å². The zero-order chi connectivity index (χ0) is 21.5. The average Bonchev–Trinajstić information content (AvgIpc) is 2.80. The summed E-state index contributed by atoms with van der Waals surface area (Å²) in [6.07, 6.45) is 1.28. The van der Waals surface area contributed by atoms with Crippen molar-refractivity contribution in [3.05, 3.63) is 90.2 Å². The van der Waals surface area contributed by atoms with E-state index in [9.17, 15) is 9.50 Å². The number of likely N-dealkylation sites (tertiary alicyclic amines) is 1. The predicted molar refractivity (Wildman–Crippen MR) is 125 cm³/mol. The van der Waals surface area contributed by atoms with Crippen LogP contribution in [0, 0.1) is 5.82 Å². The zero-order valence-corrected chi connectivity index (χ0v) is 18.5. The van der Waals surface area contributed by atoms with Gasteiger partial charge in [0.25, 0.3) is 0 Å². The smallest absolute Gasteiger partial charge is 0.123 e. The number of aliphatic hydroxyl groups is 1. The average molecular weight is 435 g/mol. The Labute approximate surface area is 187 Å². The second-order valence-corrected chi connectivity index (χ2v) is 10.2. The molecule has 160 valence electrons. The lowest BCUT2D eigenvalue weighted by molar-refractivity contribution is -0.0373. The molecule has 1 atom stereocenters. The van der Waals surface area contributed by atoms with Crippen LogP contribution in [-0.4, -0.2) is 34.5 Å². The zero-order valence-electron chi connectivity index (χ0n) is 17.7. The highest BCUT2D eigenvalue weighted by Crippen LogP contribution is 2.49. The summed E-state index contributed by atoms with van der Waals surface area (Å²) < 4.78 is 13.3. The van der Waals surface area contributed by atoms with Gasteiger partial charge in [0.05, 0.1) is 22.7 Å². The van der Waals surface area contributed by atoms with Gasteiger partial charge in [-0.2, -0.15) is 0 Å². The SMILES string of the molecule is CC1(N2CCC(O)(c3ccc(F)cc3)CC2)CN(c2ccccc2)c2ccccc2S1. The summed E-state index contributed by atoms with van der Waals surface area (Å²) in [4.78, 5) is 6.07. The molecule has 5 rings (SSSR count). The van der Waals surface area contributed by atoms with Gasteiger partial charge in [-0.25, -0.2) is 4.39 Å². The van der Waals surface area contributed by atoms with E-state index in [2.05, 4.69) is 65.3 Å².